The Morgan fingerprint density at radius 1 is 1.64 bits per heavy atom. The summed E-state index contributed by atoms with van der Waals surface area (Å²) in [5.41, 5.74) is 0. The third kappa shape index (κ3) is 2.45. The van der Waals surface area contributed by atoms with E-state index in [0.29, 0.717) is 6.04 Å². The fraction of sp³-hybridized carbons (Fsp3) is 0.900. The van der Waals surface area contributed by atoms with Gasteiger partial charge in [0.2, 0.25) is 5.91 Å². The normalized spacial score (nSPS) is 29.8. The Morgan fingerprint density at radius 2 is 2.36 bits per heavy atom. The minimum absolute atomic E-state index is 0.0368. The molecule has 0 saturated carbocycles. The van der Waals surface area contributed by atoms with Crippen molar-refractivity contribution in [1.82, 2.24) is 10.2 Å². The number of aliphatic hydroxyl groups is 1. The van der Waals surface area contributed by atoms with Gasteiger partial charge in [0.05, 0.1) is 6.61 Å². The molecule has 1 fully saturated rings. The van der Waals surface area contributed by atoms with E-state index < -0.39 is 0 Å². The molecule has 2 N–H and O–H groups in total. The van der Waals surface area contributed by atoms with E-state index in [1.807, 2.05) is 0 Å². The van der Waals surface area contributed by atoms with E-state index in [9.17, 15) is 9.90 Å². The van der Waals surface area contributed by atoms with Gasteiger partial charge in [-0.25, -0.2) is 0 Å². The van der Waals surface area contributed by atoms with Gasteiger partial charge in [-0.2, -0.15) is 0 Å². The molecule has 0 bridgehead atoms. The minimum atomic E-state index is -0.354. The van der Waals surface area contributed by atoms with Gasteiger partial charge in [0.1, 0.15) is 6.04 Å². The molecule has 0 aromatic rings. The predicted octanol–water partition coefficient (Wildman–Crippen LogP) is -0.0323. The van der Waals surface area contributed by atoms with Crippen molar-refractivity contribution in [2.24, 2.45) is 0 Å². The third-order valence-electron chi connectivity index (χ3n) is 2.79. The van der Waals surface area contributed by atoms with Crippen molar-refractivity contribution < 1.29 is 9.90 Å². The summed E-state index contributed by atoms with van der Waals surface area (Å²) >= 11 is 0. The van der Waals surface area contributed by atoms with Crippen molar-refractivity contribution in [1.29, 1.82) is 0 Å². The van der Waals surface area contributed by atoms with Crippen LogP contribution < -0.4 is 5.32 Å². The number of hydrogen-bond acceptors (Lipinski definition) is 3. The Balaban J connectivity index is 2.73. The van der Waals surface area contributed by atoms with E-state index in [-0.39, 0.29) is 18.6 Å². The number of carbonyl (C=O) groups excluding carboxylic acids is 1. The molecule has 2 atom stereocenters. The fourth-order valence-corrected chi connectivity index (χ4v) is 1.97. The molecule has 14 heavy (non-hydrogen) atoms. The lowest BCUT2D eigenvalue weighted by molar-refractivity contribution is -0.127. The molecule has 1 saturated heterocycles. The van der Waals surface area contributed by atoms with E-state index in [1.54, 1.807) is 0 Å². The summed E-state index contributed by atoms with van der Waals surface area (Å²) < 4.78 is 0. The van der Waals surface area contributed by atoms with Crippen molar-refractivity contribution in [2.45, 2.75) is 38.8 Å². The molecule has 1 rings (SSSR count). The Kier molecular flexibility index (Phi) is 4.35. The Hall–Kier alpha value is -0.610. The highest BCUT2D eigenvalue weighted by molar-refractivity contribution is 5.82. The molecule has 1 aliphatic heterocycles. The van der Waals surface area contributed by atoms with Gasteiger partial charge in [0, 0.05) is 12.6 Å². The first-order valence-corrected chi connectivity index (χ1v) is 5.35. The molecule has 2 unspecified atom stereocenters. The highest BCUT2D eigenvalue weighted by atomic mass is 16.3. The molecular weight excluding hydrogens is 180 g/mol. The Labute approximate surface area is 85.3 Å². The molecule has 1 amide bonds. The molecule has 1 heterocycles. The van der Waals surface area contributed by atoms with Gasteiger partial charge in [-0.05, 0) is 26.3 Å². The lowest BCUT2D eigenvalue weighted by Gasteiger charge is -2.31. The van der Waals surface area contributed by atoms with Crippen LogP contribution in [0, 0.1) is 0 Å². The van der Waals surface area contributed by atoms with E-state index in [4.69, 9.17) is 0 Å². The first-order valence-electron chi connectivity index (χ1n) is 5.35. The molecule has 0 aromatic heterocycles. The largest absolute Gasteiger partial charge is 0.394 e. The van der Waals surface area contributed by atoms with Crippen LogP contribution in [0.1, 0.15) is 26.7 Å². The van der Waals surface area contributed by atoms with Gasteiger partial charge in [0.15, 0.2) is 0 Å². The molecule has 82 valence electrons. The van der Waals surface area contributed by atoms with Crippen molar-refractivity contribution in [3.63, 3.8) is 0 Å². The highest BCUT2D eigenvalue weighted by Crippen LogP contribution is 2.12. The van der Waals surface area contributed by atoms with Gasteiger partial charge in [-0.3, -0.25) is 9.69 Å². The van der Waals surface area contributed by atoms with Crippen LogP contribution in [0.25, 0.3) is 0 Å². The van der Waals surface area contributed by atoms with Crippen molar-refractivity contribution >= 4 is 5.91 Å². The van der Waals surface area contributed by atoms with Crippen LogP contribution in [0.2, 0.25) is 0 Å². The van der Waals surface area contributed by atoms with Gasteiger partial charge in [0.25, 0.3) is 0 Å². The SMILES string of the molecule is CCCN1C(C)CCNC(=O)C1CO. The summed E-state index contributed by atoms with van der Waals surface area (Å²) in [5.74, 6) is -0.0368. The van der Waals surface area contributed by atoms with Crippen molar-refractivity contribution in [2.75, 3.05) is 19.7 Å². The topological polar surface area (TPSA) is 52.6 Å². The number of nitrogens with one attached hydrogen (secondary N) is 1. The zero-order valence-electron chi connectivity index (χ0n) is 8.99. The monoisotopic (exact) mass is 200 g/mol. The molecule has 0 aliphatic carbocycles. The summed E-state index contributed by atoms with van der Waals surface area (Å²) in [4.78, 5) is 13.7. The highest BCUT2D eigenvalue weighted by Gasteiger charge is 2.30. The smallest absolute Gasteiger partial charge is 0.239 e. The number of rotatable bonds is 3. The standard InChI is InChI=1S/C10H20N2O2/c1-3-6-12-8(2)4-5-11-10(14)9(12)7-13/h8-9,13H,3-7H2,1-2H3,(H,11,14). The van der Waals surface area contributed by atoms with Gasteiger partial charge < -0.3 is 10.4 Å². The quantitative estimate of drug-likeness (QED) is 0.672. The average Bonchev–Trinajstić information content (AvgIpc) is 2.28. The average molecular weight is 200 g/mol. The summed E-state index contributed by atoms with van der Waals surface area (Å²) in [7, 11) is 0. The number of nitrogens with zero attached hydrogens (tertiary/aromatic N) is 1. The lowest BCUT2D eigenvalue weighted by atomic mass is 10.1. The lowest BCUT2D eigenvalue weighted by Crippen LogP contribution is -2.49. The molecule has 4 nitrogen and oxygen atoms in total. The summed E-state index contributed by atoms with van der Waals surface area (Å²) in [6.45, 7) is 5.70. The van der Waals surface area contributed by atoms with E-state index in [0.717, 1.165) is 25.9 Å². The van der Waals surface area contributed by atoms with Crippen LogP contribution >= 0.6 is 0 Å². The number of aliphatic hydroxyl groups excluding tert-OH is 1. The molecule has 0 aromatic carbocycles. The van der Waals surface area contributed by atoms with Crippen molar-refractivity contribution in [3.05, 3.63) is 0 Å². The number of hydrogen-bond donors (Lipinski definition) is 2. The van der Waals surface area contributed by atoms with E-state index in [1.165, 1.54) is 0 Å². The molecule has 4 heteroatoms. The maximum atomic E-state index is 11.6. The molecule has 0 radical (unpaired) electrons. The van der Waals surface area contributed by atoms with Crippen LogP contribution in [0.15, 0.2) is 0 Å². The van der Waals surface area contributed by atoms with Crippen LogP contribution in [0.4, 0.5) is 0 Å². The van der Waals surface area contributed by atoms with Gasteiger partial charge in [-0.15, -0.1) is 0 Å². The van der Waals surface area contributed by atoms with Crippen molar-refractivity contribution in [3.8, 4) is 0 Å². The van der Waals surface area contributed by atoms with Gasteiger partial charge >= 0.3 is 0 Å². The Morgan fingerprint density at radius 3 is 2.93 bits per heavy atom. The fourth-order valence-electron chi connectivity index (χ4n) is 1.97. The van der Waals surface area contributed by atoms with E-state index in [2.05, 4.69) is 24.1 Å². The summed E-state index contributed by atoms with van der Waals surface area (Å²) in [6, 6.07) is 0.0125. The minimum Gasteiger partial charge on any atom is -0.394 e. The maximum Gasteiger partial charge on any atom is 0.239 e. The second-order valence-electron chi connectivity index (χ2n) is 3.86. The Bertz CT molecular complexity index is 197. The van der Waals surface area contributed by atoms with Crippen LogP contribution in [0.3, 0.4) is 0 Å². The molecule has 0 spiro atoms. The first kappa shape index (κ1) is 11.5. The second-order valence-corrected chi connectivity index (χ2v) is 3.86. The third-order valence-corrected chi connectivity index (χ3v) is 2.79. The predicted molar refractivity (Wildman–Crippen MR) is 55.0 cm³/mol. The zero-order chi connectivity index (χ0) is 10.6. The molecule has 1 aliphatic rings. The molecular formula is C10H20N2O2. The van der Waals surface area contributed by atoms with Crippen LogP contribution in [-0.2, 0) is 4.79 Å². The first-order chi connectivity index (χ1) is 6.70. The summed E-state index contributed by atoms with van der Waals surface area (Å²) in [5, 5.41) is 12.0. The van der Waals surface area contributed by atoms with Crippen LogP contribution in [0.5, 0.6) is 0 Å². The zero-order valence-corrected chi connectivity index (χ0v) is 8.99. The number of amides is 1. The summed E-state index contributed by atoms with van der Waals surface area (Å²) in [6.07, 6.45) is 1.97. The maximum absolute atomic E-state index is 11.6. The van der Waals surface area contributed by atoms with Crippen LogP contribution in [-0.4, -0.2) is 47.7 Å². The van der Waals surface area contributed by atoms with Gasteiger partial charge in [-0.1, -0.05) is 6.92 Å². The number of carbonyl (C=O) groups is 1. The van der Waals surface area contributed by atoms with E-state index >= 15 is 0 Å². The second kappa shape index (κ2) is 5.32.